The molecule has 1 aromatic heterocycles. The molecule has 2 atom stereocenters. The first-order chi connectivity index (χ1) is 17.4. The molecule has 6 heterocycles. The third-order valence-corrected chi connectivity index (χ3v) is 6.33. The van der Waals surface area contributed by atoms with E-state index in [2.05, 4.69) is 21.2 Å². The van der Waals surface area contributed by atoms with Crippen molar-refractivity contribution in [3.8, 4) is 28.9 Å². The van der Waals surface area contributed by atoms with Crippen molar-refractivity contribution in [2.24, 2.45) is 0 Å². The average molecular weight is 506 g/mol. The summed E-state index contributed by atoms with van der Waals surface area (Å²) in [5.41, 5.74) is 0.452. The van der Waals surface area contributed by atoms with Crippen LogP contribution in [0.15, 0.2) is 30.6 Å². The number of anilines is 1. The number of carbonyl (C=O) groups is 1. The second kappa shape index (κ2) is 8.88. The number of ether oxygens (including phenoxy) is 2. The van der Waals surface area contributed by atoms with Crippen LogP contribution in [0, 0.1) is 11.3 Å². The van der Waals surface area contributed by atoms with Crippen LogP contribution in [0.3, 0.4) is 0 Å². The van der Waals surface area contributed by atoms with Gasteiger partial charge < -0.3 is 24.0 Å². The lowest BCUT2D eigenvalue weighted by Crippen LogP contribution is -2.70. The van der Waals surface area contributed by atoms with Crippen LogP contribution in [0.1, 0.15) is 46.7 Å². The number of aromatic nitrogens is 4. The van der Waals surface area contributed by atoms with Gasteiger partial charge in [-0.25, -0.2) is 9.78 Å². The highest BCUT2D eigenvalue weighted by atomic mass is 16.6. The lowest BCUT2D eigenvalue weighted by molar-refractivity contribution is -0.0380. The van der Waals surface area contributed by atoms with E-state index >= 15 is 0 Å². The van der Waals surface area contributed by atoms with Crippen LogP contribution in [0.2, 0.25) is 0 Å². The molecule has 1 aromatic rings. The molecule has 0 saturated carbocycles. The van der Waals surface area contributed by atoms with Gasteiger partial charge in [-0.05, 0) is 53.2 Å². The molecular formula is C26H31N7O4. The van der Waals surface area contributed by atoms with E-state index in [0.29, 0.717) is 35.9 Å². The third kappa shape index (κ3) is 5.02. The van der Waals surface area contributed by atoms with Gasteiger partial charge in [0, 0.05) is 19.2 Å². The molecular weight excluding hydrogens is 474 g/mol. The van der Waals surface area contributed by atoms with Crippen molar-refractivity contribution >= 4 is 11.9 Å². The number of fused-ring (bicyclic) bond motifs is 3. The summed E-state index contributed by atoms with van der Waals surface area (Å²) in [5.74, 6) is 1.30. The molecule has 0 aromatic carbocycles. The van der Waals surface area contributed by atoms with Gasteiger partial charge in [0.15, 0.2) is 5.69 Å². The molecule has 1 N–H and O–H groups in total. The van der Waals surface area contributed by atoms with Gasteiger partial charge >= 0.3 is 6.09 Å². The van der Waals surface area contributed by atoms with E-state index in [1.807, 2.05) is 37.8 Å². The fourth-order valence-electron chi connectivity index (χ4n) is 4.75. The molecule has 6 rings (SSSR count). The molecule has 0 aliphatic carbocycles. The fraction of sp³-hybridized carbons (Fsp3) is 0.500. The monoisotopic (exact) mass is 505 g/mol. The third-order valence-electron chi connectivity index (χ3n) is 6.33. The first kappa shape index (κ1) is 24.8. The molecule has 11 heteroatoms. The Morgan fingerprint density at radius 3 is 2.51 bits per heavy atom. The summed E-state index contributed by atoms with van der Waals surface area (Å²) in [5, 5.41) is 27.7. The Balaban J connectivity index is 1.36. The molecule has 5 aliphatic heterocycles. The number of piperazine rings is 1. The fourth-order valence-corrected chi connectivity index (χ4v) is 4.75. The first-order valence-electron chi connectivity index (χ1n) is 12.3. The Bertz CT molecular complexity index is 1300. The number of amides is 1. The number of aliphatic hydroxyl groups is 1. The normalized spacial score (nSPS) is 19.4. The number of nitriles is 1. The maximum absolute atomic E-state index is 12.6. The van der Waals surface area contributed by atoms with Crippen molar-refractivity contribution in [2.45, 2.75) is 64.3 Å². The van der Waals surface area contributed by atoms with Crippen molar-refractivity contribution in [1.29, 1.82) is 5.26 Å². The zero-order valence-corrected chi connectivity index (χ0v) is 21.7. The Morgan fingerprint density at radius 2 is 1.92 bits per heavy atom. The molecule has 5 aliphatic rings. The largest absolute Gasteiger partial charge is 0.489 e. The van der Waals surface area contributed by atoms with Gasteiger partial charge in [-0.15, -0.1) is 10.2 Å². The molecule has 0 spiro atoms. The summed E-state index contributed by atoms with van der Waals surface area (Å²) in [6.45, 7) is 10.4. The van der Waals surface area contributed by atoms with Crippen LogP contribution in [0.4, 0.5) is 10.6 Å². The maximum Gasteiger partial charge on any atom is 0.410 e. The molecule has 37 heavy (non-hydrogen) atoms. The number of pyridine rings is 2. The molecule has 11 nitrogen and oxygen atoms in total. The lowest BCUT2D eigenvalue weighted by atomic mass is 9.88. The predicted octanol–water partition coefficient (Wildman–Crippen LogP) is 2.99. The number of nitrogens with zero attached hydrogens (tertiary/aromatic N) is 7. The second-order valence-electron chi connectivity index (χ2n) is 11.3. The van der Waals surface area contributed by atoms with E-state index in [0.717, 1.165) is 12.2 Å². The summed E-state index contributed by atoms with van der Waals surface area (Å²) in [4.78, 5) is 21.3. The van der Waals surface area contributed by atoms with E-state index in [1.165, 1.54) is 0 Å². The van der Waals surface area contributed by atoms with Crippen LogP contribution < -0.4 is 9.64 Å². The Morgan fingerprint density at radius 1 is 1.19 bits per heavy atom. The van der Waals surface area contributed by atoms with Gasteiger partial charge in [-0.3, -0.25) is 4.90 Å². The Hall–Kier alpha value is -3.91. The van der Waals surface area contributed by atoms with Crippen LogP contribution in [0.5, 0.6) is 5.75 Å². The van der Waals surface area contributed by atoms with Gasteiger partial charge in [0.2, 0.25) is 0 Å². The quantitative estimate of drug-likeness (QED) is 0.556. The predicted molar refractivity (Wildman–Crippen MR) is 135 cm³/mol. The standard InChI is InChI=1S/C26H31N7O4/c1-25(2,3)37-24(34)33-17-8-18(33)13-31(12-17)22-7-6-16(11-28-22)32-14-19(36-15-26(4,5)35)9-20-23(32)21(10-27)30-29-20/h6-7,9,11,14,17-18,35H,8,12-13,15H2,1-5H3. The van der Waals surface area contributed by atoms with E-state index in [9.17, 15) is 15.2 Å². The maximum atomic E-state index is 12.6. The van der Waals surface area contributed by atoms with Crippen molar-refractivity contribution in [3.05, 3.63) is 36.3 Å². The summed E-state index contributed by atoms with van der Waals surface area (Å²) in [7, 11) is 0. The van der Waals surface area contributed by atoms with Crippen molar-refractivity contribution in [3.63, 3.8) is 0 Å². The highest BCUT2D eigenvalue weighted by molar-refractivity contribution is 5.71. The van der Waals surface area contributed by atoms with E-state index in [1.54, 1.807) is 36.9 Å². The second-order valence-corrected chi connectivity index (χ2v) is 11.3. The molecule has 3 saturated heterocycles. The van der Waals surface area contributed by atoms with Gasteiger partial charge in [0.25, 0.3) is 0 Å². The smallest absolute Gasteiger partial charge is 0.410 e. The molecule has 2 unspecified atom stereocenters. The number of hydrogen-bond acceptors (Lipinski definition) is 9. The van der Waals surface area contributed by atoms with Crippen LogP contribution in [0.25, 0.3) is 17.1 Å². The topological polar surface area (TPSA) is 130 Å². The van der Waals surface area contributed by atoms with Crippen molar-refractivity contribution in [1.82, 2.24) is 24.6 Å². The summed E-state index contributed by atoms with van der Waals surface area (Å²) in [6.07, 6.45) is 4.18. The number of piperidine rings is 1. The summed E-state index contributed by atoms with van der Waals surface area (Å²) >= 11 is 0. The highest BCUT2D eigenvalue weighted by Gasteiger charge is 2.49. The van der Waals surface area contributed by atoms with Crippen LogP contribution in [-0.2, 0) is 4.74 Å². The average Bonchev–Trinajstić information content (AvgIpc) is 3.24. The SMILES string of the molecule is CC(C)(O)COc1cc2nnc(C#N)c-2n(-c2ccc(N3CC4CC(C3)N4C(=O)OC(C)(C)C)nc2)c1. The Kier molecular flexibility index (Phi) is 5.95. The lowest BCUT2D eigenvalue weighted by Gasteiger charge is -2.56. The van der Waals surface area contributed by atoms with Gasteiger partial charge in [0.1, 0.15) is 41.2 Å². The van der Waals surface area contributed by atoms with Crippen molar-refractivity contribution < 1.29 is 19.4 Å². The molecule has 3 fully saturated rings. The van der Waals surface area contributed by atoms with Gasteiger partial charge in [-0.2, -0.15) is 5.26 Å². The van der Waals surface area contributed by atoms with Crippen LogP contribution in [-0.4, -0.2) is 78.8 Å². The Labute approximate surface area is 215 Å². The minimum Gasteiger partial charge on any atom is -0.489 e. The molecule has 1 amide bonds. The summed E-state index contributed by atoms with van der Waals surface area (Å²) < 4.78 is 13.1. The summed E-state index contributed by atoms with van der Waals surface area (Å²) in [6, 6.07) is 7.84. The molecule has 0 radical (unpaired) electrons. The van der Waals surface area contributed by atoms with E-state index in [4.69, 9.17) is 14.5 Å². The van der Waals surface area contributed by atoms with E-state index < -0.39 is 11.2 Å². The zero-order chi connectivity index (χ0) is 26.5. The molecule has 194 valence electrons. The minimum atomic E-state index is -1.01. The number of rotatable bonds is 5. The van der Waals surface area contributed by atoms with Gasteiger partial charge in [0.05, 0.1) is 35.8 Å². The van der Waals surface area contributed by atoms with E-state index in [-0.39, 0.29) is 30.5 Å². The van der Waals surface area contributed by atoms with Gasteiger partial charge in [-0.1, -0.05) is 0 Å². The number of carbonyl (C=O) groups excluding carboxylic acids is 1. The zero-order valence-electron chi connectivity index (χ0n) is 21.7. The minimum absolute atomic E-state index is 0.0898. The molecule has 2 bridgehead atoms. The van der Waals surface area contributed by atoms with Crippen molar-refractivity contribution in [2.75, 3.05) is 24.6 Å². The highest BCUT2D eigenvalue weighted by Crippen LogP contribution is 2.36. The first-order valence-corrected chi connectivity index (χ1v) is 12.3. The number of hydrogen-bond donors (Lipinski definition) is 1. The van der Waals surface area contributed by atoms with Crippen LogP contribution >= 0.6 is 0 Å².